The summed E-state index contributed by atoms with van der Waals surface area (Å²) < 4.78 is 15.9. The minimum absolute atomic E-state index is 0.349. The summed E-state index contributed by atoms with van der Waals surface area (Å²) in [4.78, 5) is 14.0. The largest absolute Gasteiger partial charge is 0.497 e. The maximum absolute atomic E-state index is 12.4. The van der Waals surface area contributed by atoms with Crippen molar-refractivity contribution in [3.05, 3.63) is 29.3 Å². The second-order valence-corrected chi connectivity index (χ2v) is 6.78. The Morgan fingerprint density at radius 1 is 1.17 bits per heavy atom. The molecule has 6 heteroatoms. The third kappa shape index (κ3) is 7.22. The van der Waals surface area contributed by atoms with Crippen LogP contribution in [-0.2, 0) is 21.3 Å². The average molecular weight is 388 g/mol. The van der Waals surface area contributed by atoms with E-state index in [-0.39, 0.29) is 6.09 Å². The molecule has 0 heterocycles. The van der Waals surface area contributed by atoms with Crippen molar-refractivity contribution < 1.29 is 19.0 Å². The van der Waals surface area contributed by atoms with E-state index >= 15 is 0 Å². The number of rotatable bonds is 7. The molecule has 0 saturated heterocycles. The van der Waals surface area contributed by atoms with E-state index < -0.39 is 5.60 Å². The zero-order chi connectivity index (χ0) is 17.5. The molecule has 0 aliphatic heterocycles. The first-order chi connectivity index (χ1) is 10.8. The smallest absolute Gasteiger partial charge is 0.410 e. The van der Waals surface area contributed by atoms with Gasteiger partial charge in [-0.05, 0) is 44.0 Å². The number of carbonyl (C=O) groups excluding carboxylic acids is 1. The fourth-order valence-electron chi connectivity index (χ4n) is 2.00. The molecule has 0 spiro atoms. The van der Waals surface area contributed by atoms with Crippen LogP contribution in [0.3, 0.4) is 0 Å². The van der Waals surface area contributed by atoms with Crippen LogP contribution in [0.1, 0.15) is 31.9 Å². The molecule has 5 nitrogen and oxygen atoms in total. The van der Waals surface area contributed by atoms with Gasteiger partial charge in [0.25, 0.3) is 0 Å². The van der Waals surface area contributed by atoms with Gasteiger partial charge in [0.2, 0.25) is 0 Å². The number of hydrogen-bond acceptors (Lipinski definition) is 4. The van der Waals surface area contributed by atoms with E-state index in [4.69, 9.17) is 14.2 Å². The van der Waals surface area contributed by atoms with Gasteiger partial charge < -0.3 is 19.1 Å². The van der Waals surface area contributed by atoms with Crippen LogP contribution < -0.4 is 4.74 Å². The number of carbonyl (C=O) groups is 1. The number of alkyl halides is 1. The number of nitrogens with zero attached hydrogens (tertiary/aromatic N) is 1. The molecule has 0 unspecified atom stereocenters. The lowest BCUT2D eigenvalue weighted by molar-refractivity contribution is 0.0183. The monoisotopic (exact) mass is 387 g/mol. The van der Waals surface area contributed by atoms with Crippen LogP contribution in [0.15, 0.2) is 18.2 Å². The van der Waals surface area contributed by atoms with Crippen molar-refractivity contribution in [3.63, 3.8) is 0 Å². The molecule has 0 N–H and O–H groups in total. The third-order valence-electron chi connectivity index (χ3n) is 3.01. The SMILES string of the molecule is COCCN(Cc1cc(CBr)cc(OC)c1)C(=O)OC(C)(C)C. The maximum atomic E-state index is 12.4. The Labute approximate surface area is 147 Å². The fourth-order valence-corrected chi connectivity index (χ4v) is 2.32. The summed E-state index contributed by atoms with van der Waals surface area (Å²) in [6.07, 6.45) is -0.349. The van der Waals surface area contributed by atoms with Crippen molar-refractivity contribution in [2.75, 3.05) is 27.4 Å². The highest BCUT2D eigenvalue weighted by Crippen LogP contribution is 2.21. The van der Waals surface area contributed by atoms with Crippen LogP contribution in [0, 0.1) is 0 Å². The highest BCUT2D eigenvalue weighted by atomic mass is 79.9. The van der Waals surface area contributed by atoms with Crippen molar-refractivity contribution in [2.24, 2.45) is 0 Å². The zero-order valence-electron chi connectivity index (χ0n) is 14.5. The Balaban J connectivity index is 2.93. The second kappa shape index (κ2) is 9.13. The summed E-state index contributed by atoms with van der Waals surface area (Å²) in [5, 5.41) is 0.724. The van der Waals surface area contributed by atoms with Crippen LogP contribution >= 0.6 is 15.9 Å². The molecule has 0 radical (unpaired) electrons. The molecule has 130 valence electrons. The van der Waals surface area contributed by atoms with E-state index in [1.807, 2.05) is 39.0 Å². The van der Waals surface area contributed by atoms with Crippen LogP contribution in [0.4, 0.5) is 4.79 Å². The lowest BCUT2D eigenvalue weighted by Crippen LogP contribution is -2.38. The molecule has 1 aromatic rings. The average Bonchev–Trinajstić information content (AvgIpc) is 2.49. The first-order valence-corrected chi connectivity index (χ1v) is 8.61. The van der Waals surface area contributed by atoms with Gasteiger partial charge in [0.15, 0.2) is 0 Å². The molecule has 0 fully saturated rings. The van der Waals surface area contributed by atoms with Gasteiger partial charge in [-0.25, -0.2) is 4.79 Å². The minimum atomic E-state index is -0.530. The molecule has 0 bridgehead atoms. The lowest BCUT2D eigenvalue weighted by atomic mass is 10.1. The number of benzene rings is 1. The quantitative estimate of drug-likeness (QED) is 0.664. The molecular formula is C17H26BrNO4. The first kappa shape index (κ1) is 19.8. The summed E-state index contributed by atoms with van der Waals surface area (Å²) in [6.45, 7) is 6.92. The molecule has 1 aromatic carbocycles. The Bertz CT molecular complexity index is 492. The lowest BCUT2D eigenvalue weighted by Gasteiger charge is -2.27. The third-order valence-corrected chi connectivity index (χ3v) is 3.65. The molecule has 0 aromatic heterocycles. The Kier molecular flexibility index (Phi) is 7.85. The molecule has 0 atom stereocenters. The maximum Gasteiger partial charge on any atom is 0.410 e. The number of methoxy groups -OCH3 is 2. The van der Waals surface area contributed by atoms with Crippen LogP contribution in [0.25, 0.3) is 0 Å². The Hall–Kier alpha value is -1.27. The molecule has 0 aliphatic carbocycles. The van der Waals surface area contributed by atoms with E-state index in [9.17, 15) is 4.79 Å². The van der Waals surface area contributed by atoms with E-state index in [0.29, 0.717) is 19.7 Å². The Morgan fingerprint density at radius 2 is 1.83 bits per heavy atom. The number of hydrogen-bond donors (Lipinski definition) is 0. The Morgan fingerprint density at radius 3 is 2.35 bits per heavy atom. The van der Waals surface area contributed by atoms with E-state index in [0.717, 1.165) is 22.2 Å². The van der Waals surface area contributed by atoms with Gasteiger partial charge in [0, 0.05) is 25.5 Å². The van der Waals surface area contributed by atoms with E-state index in [1.165, 1.54) is 0 Å². The fraction of sp³-hybridized carbons (Fsp3) is 0.588. The second-order valence-electron chi connectivity index (χ2n) is 6.22. The van der Waals surface area contributed by atoms with Gasteiger partial charge in [0.05, 0.1) is 13.7 Å². The number of ether oxygens (including phenoxy) is 3. The van der Waals surface area contributed by atoms with Crippen molar-refractivity contribution in [1.29, 1.82) is 0 Å². The predicted molar refractivity (Wildman–Crippen MR) is 94.1 cm³/mol. The summed E-state index contributed by atoms with van der Waals surface area (Å²) in [5.41, 5.74) is 1.55. The van der Waals surface area contributed by atoms with Crippen LogP contribution in [-0.4, -0.2) is 44.0 Å². The van der Waals surface area contributed by atoms with Crippen LogP contribution in [0.5, 0.6) is 5.75 Å². The number of halogens is 1. The normalized spacial score (nSPS) is 11.2. The first-order valence-electron chi connectivity index (χ1n) is 7.48. The van der Waals surface area contributed by atoms with Gasteiger partial charge in [-0.1, -0.05) is 22.0 Å². The highest BCUT2D eigenvalue weighted by Gasteiger charge is 2.22. The van der Waals surface area contributed by atoms with Gasteiger partial charge in [-0.3, -0.25) is 0 Å². The summed E-state index contributed by atoms with van der Waals surface area (Å²) in [5.74, 6) is 0.771. The van der Waals surface area contributed by atoms with Crippen molar-refractivity contribution in [2.45, 2.75) is 38.2 Å². The van der Waals surface area contributed by atoms with Gasteiger partial charge >= 0.3 is 6.09 Å². The standard InChI is InChI=1S/C17H26BrNO4/c1-17(2,3)23-16(20)19(6-7-21-4)12-14-8-13(11-18)9-15(10-14)22-5/h8-10H,6-7,11-12H2,1-5H3. The number of amides is 1. The molecule has 23 heavy (non-hydrogen) atoms. The van der Waals surface area contributed by atoms with Crippen molar-refractivity contribution in [3.8, 4) is 5.75 Å². The molecule has 0 aliphatic rings. The molecule has 1 rings (SSSR count). The molecular weight excluding hydrogens is 362 g/mol. The molecule has 1 amide bonds. The van der Waals surface area contributed by atoms with Crippen molar-refractivity contribution in [1.82, 2.24) is 4.90 Å². The zero-order valence-corrected chi connectivity index (χ0v) is 16.1. The van der Waals surface area contributed by atoms with Crippen molar-refractivity contribution >= 4 is 22.0 Å². The topological polar surface area (TPSA) is 48.0 Å². The van der Waals surface area contributed by atoms with Gasteiger partial charge in [-0.15, -0.1) is 0 Å². The highest BCUT2D eigenvalue weighted by molar-refractivity contribution is 9.08. The van der Waals surface area contributed by atoms with E-state index in [1.54, 1.807) is 19.1 Å². The van der Waals surface area contributed by atoms with Crippen LogP contribution in [0.2, 0.25) is 0 Å². The van der Waals surface area contributed by atoms with E-state index in [2.05, 4.69) is 15.9 Å². The summed E-state index contributed by atoms with van der Waals surface area (Å²) in [7, 11) is 3.25. The molecule has 0 saturated carbocycles. The summed E-state index contributed by atoms with van der Waals surface area (Å²) >= 11 is 3.45. The van der Waals surface area contributed by atoms with Gasteiger partial charge in [-0.2, -0.15) is 0 Å². The van der Waals surface area contributed by atoms with Gasteiger partial charge in [0.1, 0.15) is 11.4 Å². The summed E-state index contributed by atoms with van der Waals surface area (Å²) in [6, 6.07) is 5.93. The predicted octanol–water partition coefficient (Wildman–Crippen LogP) is 3.97. The minimum Gasteiger partial charge on any atom is -0.497 e.